The Labute approximate surface area is 126 Å². The molecule has 1 fully saturated rings. The molecule has 7 heteroatoms. The molecular weight excluding hydrogens is 286 g/mol. The third-order valence-electron chi connectivity index (χ3n) is 4.04. The topological polar surface area (TPSA) is 104 Å². The van der Waals surface area contributed by atoms with Crippen LogP contribution in [-0.2, 0) is 9.53 Å². The predicted molar refractivity (Wildman–Crippen MR) is 78.6 cm³/mol. The maximum Gasteiger partial charge on any atom is 0.305 e. The summed E-state index contributed by atoms with van der Waals surface area (Å²) in [7, 11) is 0. The average Bonchev–Trinajstić information content (AvgIpc) is 2.95. The Hall–Kier alpha value is -2.41. The Balaban J connectivity index is 1.87. The largest absolute Gasteiger partial charge is 0.481 e. The summed E-state index contributed by atoms with van der Waals surface area (Å²) in [6.45, 7) is 0.892. The van der Waals surface area contributed by atoms with E-state index < -0.39 is 11.5 Å². The number of ether oxygens (including phenoxy) is 1. The molecule has 1 amide bonds. The van der Waals surface area contributed by atoms with E-state index in [2.05, 4.69) is 15.5 Å². The zero-order chi connectivity index (χ0) is 15.6. The van der Waals surface area contributed by atoms with Gasteiger partial charge in [-0.3, -0.25) is 14.7 Å². The van der Waals surface area contributed by atoms with Gasteiger partial charge in [0.05, 0.1) is 29.2 Å². The van der Waals surface area contributed by atoms with Crippen LogP contribution in [0.1, 0.15) is 29.6 Å². The minimum absolute atomic E-state index is 0.110. The van der Waals surface area contributed by atoms with Crippen LogP contribution < -0.4 is 5.32 Å². The Kier molecular flexibility index (Phi) is 3.81. The van der Waals surface area contributed by atoms with Gasteiger partial charge in [0.2, 0.25) is 0 Å². The molecule has 116 valence electrons. The number of benzene rings is 1. The van der Waals surface area contributed by atoms with E-state index in [0.29, 0.717) is 37.1 Å². The molecule has 2 aromatic rings. The Morgan fingerprint density at radius 2 is 2.14 bits per heavy atom. The SMILES string of the molecule is O=C(O)CC1(NC(=O)c2cccc3cn[nH]c23)CCOCC1. The predicted octanol–water partition coefficient (Wildman–Crippen LogP) is 1.32. The van der Waals surface area contributed by atoms with Gasteiger partial charge in [0.15, 0.2) is 0 Å². The average molecular weight is 303 g/mol. The minimum Gasteiger partial charge on any atom is -0.481 e. The fraction of sp³-hybridized carbons (Fsp3) is 0.400. The molecule has 1 aromatic carbocycles. The summed E-state index contributed by atoms with van der Waals surface area (Å²) in [6.07, 6.45) is 2.52. The third-order valence-corrected chi connectivity index (χ3v) is 4.04. The second kappa shape index (κ2) is 5.76. The number of carbonyl (C=O) groups excluding carboxylic acids is 1. The van der Waals surface area contributed by atoms with Crippen LogP contribution in [0.4, 0.5) is 0 Å². The molecule has 0 atom stereocenters. The maximum absolute atomic E-state index is 12.6. The summed E-state index contributed by atoms with van der Waals surface area (Å²) >= 11 is 0. The molecule has 7 nitrogen and oxygen atoms in total. The van der Waals surface area contributed by atoms with Gasteiger partial charge in [-0.2, -0.15) is 5.10 Å². The monoisotopic (exact) mass is 303 g/mol. The van der Waals surface area contributed by atoms with Gasteiger partial charge in [-0.05, 0) is 18.9 Å². The first kappa shape index (κ1) is 14.5. The van der Waals surface area contributed by atoms with Crippen molar-refractivity contribution in [1.82, 2.24) is 15.5 Å². The number of nitrogens with zero attached hydrogens (tertiary/aromatic N) is 1. The summed E-state index contributed by atoms with van der Waals surface area (Å²) in [6, 6.07) is 5.33. The number of carboxylic acid groups (broad SMARTS) is 1. The zero-order valence-electron chi connectivity index (χ0n) is 12.0. The van der Waals surface area contributed by atoms with Crippen molar-refractivity contribution < 1.29 is 19.4 Å². The highest BCUT2D eigenvalue weighted by Gasteiger charge is 2.36. The molecule has 0 aliphatic carbocycles. The number of H-pyrrole nitrogens is 1. The number of fused-ring (bicyclic) bond motifs is 1. The van der Waals surface area contributed by atoms with Gasteiger partial charge >= 0.3 is 5.97 Å². The highest BCUT2D eigenvalue weighted by molar-refractivity contribution is 6.05. The first-order valence-corrected chi connectivity index (χ1v) is 7.14. The number of hydrogen-bond acceptors (Lipinski definition) is 4. The van der Waals surface area contributed by atoms with Crippen molar-refractivity contribution in [3.63, 3.8) is 0 Å². The highest BCUT2D eigenvalue weighted by Crippen LogP contribution is 2.26. The fourth-order valence-corrected chi connectivity index (χ4v) is 2.86. The number of hydrogen-bond donors (Lipinski definition) is 3. The van der Waals surface area contributed by atoms with E-state index in [4.69, 9.17) is 9.84 Å². The summed E-state index contributed by atoms with van der Waals surface area (Å²) in [5.74, 6) is -1.22. The van der Waals surface area contributed by atoms with Crippen LogP contribution in [0.15, 0.2) is 24.4 Å². The van der Waals surface area contributed by atoms with Gasteiger partial charge in [0.1, 0.15) is 0 Å². The molecule has 1 saturated heterocycles. The second-order valence-corrected chi connectivity index (χ2v) is 5.56. The molecule has 3 N–H and O–H groups in total. The van der Waals surface area contributed by atoms with Crippen molar-refractivity contribution in [2.24, 2.45) is 0 Å². The molecule has 0 unspecified atom stereocenters. The Morgan fingerprint density at radius 1 is 1.36 bits per heavy atom. The van der Waals surface area contributed by atoms with Crippen LogP contribution in [0.2, 0.25) is 0 Å². The number of aromatic amines is 1. The molecule has 0 radical (unpaired) electrons. The number of aliphatic carboxylic acids is 1. The first-order chi connectivity index (χ1) is 10.6. The smallest absolute Gasteiger partial charge is 0.305 e. The molecular formula is C15H17N3O4. The molecule has 0 bridgehead atoms. The number of para-hydroxylation sites is 1. The number of carbonyl (C=O) groups is 2. The van der Waals surface area contributed by atoms with Crippen molar-refractivity contribution in [3.8, 4) is 0 Å². The van der Waals surface area contributed by atoms with Crippen molar-refractivity contribution >= 4 is 22.8 Å². The molecule has 2 heterocycles. The molecule has 1 aliphatic rings. The van der Waals surface area contributed by atoms with E-state index in [1.54, 1.807) is 18.3 Å². The number of carboxylic acids is 1. The van der Waals surface area contributed by atoms with Gasteiger partial charge in [-0.1, -0.05) is 12.1 Å². The first-order valence-electron chi connectivity index (χ1n) is 7.14. The van der Waals surface area contributed by atoms with Crippen molar-refractivity contribution in [1.29, 1.82) is 0 Å². The number of amides is 1. The number of nitrogens with one attached hydrogen (secondary N) is 2. The van der Waals surface area contributed by atoms with Gasteiger partial charge in [0.25, 0.3) is 5.91 Å². The third kappa shape index (κ3) is 2.80. The fourth-order valence-electron chi connectivity index (χ4n) is 2.86. The normalized spacial score (nSPS) is 17.3. The molecule has 22 heavy (non-hydrogen) atoms. The van der Waals surface area contributed by atoms with E-state index in [1.807, 2.05) is 6.07 Å². The lowest BCUT2D eigenvalue weighted by molar-refractivity contribution is -0.139. The molecule has 1 aliphatic heterocycles. The van der Waals surface area contributed by atoms with Crippen molar-refractivity contribution in [2.75, 3.05) is 13.2 Å². The Morgan fingerprint density at radius 3 is 2.86 bits per heavy atom. The molecule has 1 aromatic heterocycles. The van der Waals surface area contributed by atoms with E-state index >= 15 is 0 Å². The van der Waals surface area contributed by atoms with E-state index in [1.165, 1.54) is 0 Å². The maximum atomic E-state index is 12.6. The van der Waals surface area contributed by atoms with Crippen LogP contribution in [0.5, 0.6) is 0 Å². The van der Waals surface area contributed by atoms with Crippen molar-refractivity contribution in [2.45, 2.75) is 24.8 Å². The van der Waals surface area contributed by atoms with E-state index in [9.17, 15) is 9.59 Å². The zero-order valence-corrected chi connectivity index (χ0v) is 12.0. The van der Waals surface area contributed by atoms with Crippen LogP contribution >= 0.6 is 0 Å². The summed E-state index contributed by atoms with van der Waals surface area (Å²) < 4.78 is 5.29. The molecule has 3 rings (SSSR count). The lowest BCUT2D eigenvalue weighted by Crippen LogP contribution is -2.53. The standard InChI is InChI=1S/C15H17N3O4/c19-12(20)8-15(4-6-22-7-5-15)17-14(21)11-3-1-2-10-9-16-18-13(10)11/h1-3,9H,4-8H2,(H,16,18)(H,17,21)(H,19,20). The van der Waals surface area contributed by atoms with Crippen LogP contribution in [0.25, 0.3) is 10.9 Å². The minimum atomic E-state index is -0.929. The number of aromatic nitrogens is 2. The van der Waals surface area contributed by atoms with Crippen LogP contribution in [0.3, 0.4) is 0 Å². The van der Waals surface area contributed by atoms with Crippen LogP contribution in [0, 0.1) is 0 Å². The van der Waals surface area contributed by atoms with Gasteiger partial charge in [0, 0.05) is 18.6 Å². The summed E-state index contributed by atoms with van der Waals surface area (Å²) in [4.78, 5) is 23.8. The van der Waals surface area contributed by atoms with Gasteiger partial charge in [-0.15, -0.1) is 0 Å². The van der Waals surface area contributed by atoms with Gasteiger partial charge in [-0.25, -0.2) is 0 Å². The quantitative estimate of drug-likeness (QED) is 0.790. The number of rotatable bonds is 4. The van der Waals surface area contributed by atoms with E-state index in [0.717, 1.165) is 5.39 Å². The summed E-state index contributed by atoms with van der Waals surface area (Å²) in [5, 5.41) is 19.6. The Bertz CT molecular complexity index is 704. The van der Waals surface area contributed by atoms with E-state index in [-0.39, 0.29) is 12.3 Å². The van der Waals surface area contributed by atoms with Crippen LogP contribution in [-0.4, -0.2) is 45.9 Å². The lowest BCUT2D eigenvalue weighted by atomic mass is 9.86. The summed E-state index contributed by atoms with van der Waals surface area (Å²) in [5.41, 5.74) is 0.354. The lowest BCUT2D eigenvalue weighted by Gasteiger charge is -2.36. The second-order valence-electron chi connectivity index (χ2n) is 5.56. The molecule has 0 spiro atoms. The highest BCUT2D eigenvalue weighted by atomic mass is 16.5. The van der Waals surface area contributed by atoms with Crippen molar-refractivity contribution in [3.05, 3.63) is 30.0 Å². The molecule has 0 saturated carbocycles. The van der Waals surface area contributed by atoms with Gasteiger partial charge < -0.3 is 15.2 Å².